The molecule has 1 aromatic heterocycles. The summed E-state index contributed by atoms with van der Waals surface area (Å²) in [4.78, 5) is 31.8. The molecule has 1 heterocycles. The number of carbonyl (C=O) groups excluding carboxylic acids is 2. The molecule has 0 atom stereocenters. The number of esters is 1. The van der Waals surface area contributed by atoms with Gasteiger partial charge in [0.15, 0.2) is 11.8 Å². The molecule has 0 saturated carbocycles. The van der Waals surface area contributed by atoms with E-state index in [0.717, 1.165) is 5.56 Å². The third-order valence-electron chi connectivity index (χ3n) is 3.87. The summed E-state index contributed by atoms with van der Waals surface area (Å²) in [5.41, 5.74) is 3.48. The van der Waals surface area contributed by atoms with Crippen molar-refractivity contribution in [1.29, 1.82) is 0 Å². The Kier molecular flexibility index (Phi) is 7.86. The number of hydrogen-bond acceptors (Lipinski definition) is 6. The van der Waals surface area contributed by atoms with Gasteiger partial charge < -0.3 is 10.1 Å². The summed E-state index contributed by atoms with van der Waals surface area (Å²) in [6.07, 6.45) is 0.333. The van der Waals surface area contributed by atoms with Crippen LogP contribution < -0.4 is 5.32 Å². The summed E-state index contributed by atoms with van der Waals surface area (Å²) < 4.78 is 29.8. The average Bonchev–Trinajstić information content (AvgIpc) is 2.60. The molecule has 1 N–H and O–H groups in total. The van der Waals surface area contributed by atoms with Gasteiger partial charge in [-0.25, -0.2) is 9.97 Å². The Morgan fingerprint density at radius 2 is 1.71 bits per heavy atom. The van der Waals surface area contributed by atoms with Crippen molar-refractivity contribution >= 4 is 29.3 Å². The van der Waals surface area contributed by atoms with E-state index in [0.29, 0.717) is 29.1 Å². The van der Waals surface area contributed by atoms with Gasteiger partial charge in [-0.05, 0) is 56.7 Å². The minimum atomic E-state index is -2.59. The van der Waals surface area contributed by atoms with Crippen LogP contribution in [0.4, 0.5) is 14.5 Å². The zero-order chi connectivity index (χ0) is 20.7. The first kappa shape index (κ1) is 21.7. The maximum atomic E-state index is 12.4. The molecule has 2 aromatic rings. The topological polar surface area (TPSA) is 81.2 Å². The van der Waals surface area contributed by atoms with Crippen molar-refractivity contribution in [2.24, 2.45) is 0 Å². The lowest BCUT2D eigenvalue weighted by Crippen LogP contribution is -2.21. The molecule has 0 fully saturated rings. The summed E-state index contributed by atoms with van der Waals surface area (Å²) in [7, 11) is 0. The van der Waals surface area contributed by atoms with Gasteiger partial charge in [0.25, 0.3) is 11.7 Å². The molecule has 0 unspecified atom stereocenters. The van der Waals surface area contributed by atoms with E-state index in [1.165, 1.54) is 0 Å². The molecule has 1 aromatic carbocycles. The summed E-state index contributed by atoms with van der Waals surface area (Å²) in [5, 5.41) is 2.64. The molecule has 2 rings (SSSR count). The zero-order valence-corrected chi connectivity index (χ0v) is 16.6. The molecule has 0 aliphatic heterocycles. The molecule has 0 radical (unpaired) electrons. The molecule has 0 saturated heterocycles. The molecule has 0 spiro atoms. The van der Waals surface area contributed by atoms with Crippen molar-refractivity contribution in [1.82, 2.24) is 9.97 Å². The average molecular weight is 409 g/mol. The Morgan fingerprint density at radius 1 is 1.11 bits per heavy atom. The number of anilines is 1. The lowest BCUT2D eigenvalue weighted by molar-refractivity contribution is -0.147. The number of benzene rings is 1. The number of nitrogens with zero attached hydrogens (tertiary/aromatic N) is 2. The zero-order valence-electron chi connectivity index (χ0n) is 15.8. The quantitative estimate of drug-likeness (QED) is 0.405. The molecular formula is C19H21F2N3O3S. The van der Waals surface area contributed by atoms with Crippen molar-refractivity contribution < 1.29 is 23.1 Å². The molecule has 0 aliphatic carbocycles. The summed E-state index contributed by atoms with van der Waals surface area (Å²) in [6.45, 7) is 4.91. The van der Waals surface area contributed by atoms with Crippen molar-refractivity contribution in [3.63, 3.8) is 0 Å². The van der Waals surface area contributed by atoms with Crippen LogP contribution in [0, 0.1) is 20.8 Å². The van der Waals surface area contributed by atoms with Crippen LogP contribution >= 0.6 is 11.8 Å². The highest BCUT2D eigenvalue weighted by Gasteiger charge is 2.15. The van der Waals surface area contributed by atoms with E-state index in [-0.39, 0.29) is 29.9 Å². The largest absolute Gasteiger partial charge is 0.456 e. The highest BCUT2D eigenvalue weighted by molar-refractivity contribution is 7.99. The van der Waals surface area contributed by atoms with Gasteiger partial charge in [-0.1, -0.05) is 17.7 Å². The molecule has 9 heteroatoms. The van der Waals surface area contributed by atoms with Gasteiger partial charge in [0.05, 0.1) is 0 Å². The Balaban J connectivity index is 1.82. The number of nitrogens with one attached hydrogen (secondary N) is 1. The van der Waals surface area contributed by atoms with Gasteiger partial charge >= 0.3 is 5.97 Å². The van der Waals surface area contributed by atoms with E-state index in [4.69, 9.17) is 4.74 Å². The maximum absolute atomic E-state index is 12.4. The van der Waals surface area contributed by atoms with E-state index in [1.807, 2.05) is 19.1 Å². The highest BCUT2D eigenvalue weighted by Crippen LogP contribution is 2.24. The number of thioether (sulfide) groups is 1. The standard InChI is InChI=1S/C19H21F2N3O3S/c1-11-4-6-14(7-5-11)24-16(25)10-27-17(26)9-8-15-12(2)22-19(23-13(15)3)28-18(20)21/h4-7,18H,8-10H2,1-3H3,(H,24,25). The summed E-state index contributed by atoms with van der Waals surface area (Å²) >= 11 is 0.281. The highest BCUT2D eigenvalue weighted by atomic mass is 32.2. The number of aryl methyl sites for hydroxylation is 3. The smallest absolute Gasteiger partial charge is 0.306 e. The molecule has 150 valence electrons. The van der Waals surface area contributed by atoms with Crippen molar-refractivity contribution in [3.8, 4) is 0 Å². The van der Waals surface area contributed by atoms with Crippen LogP contribution in [-0.2, 0) is 20.7 Å². The fourth-order valence-corrected chi connectivity index (χ4v) is 3.02. The Labute approximate surface area is 166 Å². The summed E-state index contributed by atoms with van der Waals surface area (Å²) in [6, 6.07) is 7.24. The number of carbonyl (C=O) groups is 2. The summed E-state index contributed by atoms with van der Waals surface area (Å²) in [5.74, 6) is -3.56. The van der Waals surface area contributed by atoms with Crippen LogP contribution in [0.15, 0.2) is 29.4 Å². The van der Waals surface area contributed by atoms with Gasteiger partial charge in [0.2, 0.25) is 0 Å². The molecule has 1 amide bonds. The van der Waals surface area contributed by atoms with Gasteiger partial charge in [-0.3, -0.25) is 9.59 Å². The number of ether oxygens (including phenoxy) is 1. The second-order valence-electron chi connectivity index (χ2n) is 6.11. The van der Waals surface area contributed by atoms with Crippen LogP contribution in [0.2, 0.25) is 0 Å². The minimum absolute atomic E-state index is 0.00380. The number of halogens is 2. The normalized spacial score (nSPS) is 10.8. The van der Waals surface area contributed by atoms with Crippen LogP contribution in [0.25, 0.3) is 0 Å². The molecule has 0 bridgehead atoms. The van der Waals surface area contributed by atoms with E-state index in [2.05, 4.69) is 15.3 Å². The van der Waals surface area contributed by atoms with Crippen LogP contribution in [0.3, 0.4) is 0 Å². The number of amides is 1. The predicted octanol–water partition coefficient (Wildman–Crippen LogP) is 3.83. The van der Waals surface area contributed by atoms with Crippen LogP contribution in [0.1, 0.15) is 28.9 Å². The maximum Gasteiger partial charge on any atom is 0.306 e. The van der Waals surface area contributed by atoms with Gasteiger partial charge in [0, 0.05) is 23.5 Å². The second kappa shape index (κ2) is 10.1. The minimum Gasteiger partial charge on any atom is -0.456 e. The van der Waals surface area contributed by atoms with Gasteiger partial charge in [-0.15, -0.1) is 0 Å². The molecule has 6 nitrogen and oxygen atoms in total. The lowest BCUT2D eigenvalue weighted by atomic mass is 10.1. The number of alkyl halides is 2. The first-order chi connectivity index (χ1) is 13.2. The van der Waals surface area contributed by atoms with E-state index < -0.39 is 17.6 Å². The van der Waals surface area contributed by atoms with Gasteiger partial charge in [-0.2, -0.15) is 8.78 Å². The van der Waals surface area contributed by atoms with E-state index in [1.54, 1.807) is 26.0 Å². The van der Waals surface area contributed by atoms with Crippen LogP contribution in [-0.4, -0.2) is 34.2 Å². The molecule has 0 aliphatic rings. The SMILES string of the molecule is Cc1ccc(NC(=O)COC(=O)CCc2c(C)nc(SC(F)F)nc2C)cc1. The Bertz CT molecular complexity index is 822. The number of aromatic nitrogens is 2. The lowest BCUT2D eigenvalue weighted by Gasteiger charge is -2.10. The van der Waals surface area contributed by atoms with Crippen molar-refractivity contribution in [2.75, 3.05) is 11.9 Å². The second-order valence-corrected chi connectivity index (χ2v) is 7.07. The Hall–Kier alpha value is -2.55. The van der Waals surface area contributed by atoms with E-state index in [9.17, 15) is 18.4 Å². The van der Waals surface area contributed by atoms with Crippen LogP contribution in [0.5, 0.6) is 0 Å². The number of hydrogen-bond donors (Lipinski definition) is 1. The molecular weight excluding hydrogens is 388 g/mol. The first-order valence-electron chi connectivity index (χ1n) is 8.55. The number of rotatable bonds is 8. The third-order valence-corrected chi connectivity index (χ3v) is 4.44. The predicted molar refractivity (Wildman–Crippen MR) is 102 cm³/mol. The Morgan fingerprint density at radius 3 is 2.29 bits per heavy atom. The first-order valence-corrected chi connectivity index (χ1v) is 9.43. The third kappa shape index (κ3) is 6.88. The fraction of sp³-hybridized carbons (Fsp3) is 0.368. The molecule has 28 heavy (non-hydrogen) atoms. The van der Waals surface area contributed by atoms with Crippen molar-refractivity contribution in [2.45, 2.75) is 44.5 Å². The van der Waals surface area contributed by atoms with Gasteiger partial charge in [0.1, 0.15) is 0 Å². The fourth-order valence-electron chi connectivity index (χ4n) is 2.48. The van der Waals surface area contributed by atoms with E-state index >= 15 is 0 Å². The monoisotopic (exact) mass is 409 g/mol. The van der Waals surface area contributed by atoms with Crippen molar-refractivity contribution in [3.05, 3.63) is 46.8 Å².